The van der Waals surface area contributed by atoms with Crippen molar-refractivity contribution in [2.45, 2.75) is 19.5 Å². The van der Waals surface area contributed by atoms with E-state index >= 15 is 0 Å². The van der Waals surface area contributed by atoms with Gasteiger partial charge in [0.2, 0.25) is 0 Å². The Hall–Kier alpha value is -6.29. The van der Waals surface area contributed by atoms with Gasteiger partial charge in [0.05, 0.1) is 36.7 Å². The number of methoxy groups -OCH3 is 1. The first kappa shape index (κ1) is 38.9. The molecule has 0 saturated heterocycles. The second-order valence-electron chi connectivity index (χ2n) is 13.2. The highest BCUT2D eigenvalue weighted by Gasteiger charge is 2.31. The zero-order chi connectivity index (χ0) is 46.9. The van der Waals surface area contributed by atoms with Gasteiger partial charge in [-0.25, -0.2) is 0 Å². The molecule has 2 amide bonds. The van der Waals surface area contributed by atoms with Gasteiger partial charge in [0.15, 0.2) is 0 Å². The molecule has 15 heteroatoms. The normalized spacial score (nSPS) is 15.9. The predicted molar refractivity (Wildman–Crippen MR) is 229 cm³/mol. The van der Waals surface area contributed by atoms with Crippen LogP contribution in [-0.2, 0) is 13.1 Å². The number of fused-ring (bicyclic) bond motifs is 2. The van der Waals surface area contributed by atoms with E-state index in [1.165, 1.54) is 9.80 Å². The summed E-state index contributed by atoms with van der Waals surface area (Å²) < 4.78 is 88.8. The van der Waals surface area contributed by atoms with Gasteiger partial charge in [-0.2, -0.15) is 0 Å². The highest BCUT2D eigenvalue weighted by molar-refractivity contribution is 9.10. The van der Waals surface area contributed by atoms with E-state index in [1.54, 1.807) is 37.4 Å². The van der Waals surface area contributed by atoms with E-state index in [0.717, 1.165) is 56.7 Å². The first-order valence-corrected chi connectivity index (χ1v) is 19.4. The Kier molecular flexibility index (Phi) is 13.3. The molecule has 2 heterocycles. The maximum Gasteiger partial charge on any atom is 0.573 e. The van der Waals surface area contributed by atoms with Crippen molar-refractivity contribution in [2.24, 2.45) is 0 Å². The number of alkyl halides is 3. The molecule has 314 valence electrons. The fraction of sp³-hybridized carbons (Fsp3) is 0.174. The van der Waals surface area contributed by atoms with E-state index < -0.39 is 32.2 Å². The van der Waals surface area contributed by atoms with Crippen LogP contribution >= 0.6 is 15.9 Å². The van der Waals surface area contributed by atoms with Gasteiger partial charge in [-0.05, 0) is 82.3 Å². The van der Waals surface area contributed by atoms with Crippen LogP contribution < -0.4 is 24.4 Å². The van der Waals surface area contributed by atoms with E-state index in [0.29, 0.717) is 22.6 Å². The lowest BCUT2D eigenvalue weighted by Crippen LogP contribution is -2.31. The molecule has 0 atom stereocenters. The third-order valence-electron chi connectivity index (χ3n) is 9.04. The van der Waals surface area contributed by atoms with Gasteiger partial charge < -0.3 is 38.8 Å². The van der Waals surface area contributed by atoms with Crippen LogP contribution in [-0.4, -0.2) is 78.5 Å². The number of ether oxygens (including phenoxy) is 4. The Morgan fingerprint density at radius 3 is 1.64 bits per heavy atom. The summed E-state index contributed by atoms with van der Waals surface area (Å²) in [6, 6.07) is 41.1. The molecule has 2 N–H and O–H groups in total. The summed E-state index contributed by atoms with van der Waals surface area (Å²) in [5, 5.41) is 17.3. The molecule has 0 bridgehead atoms. The molecule has 0 fully saturated rings. The minimum atomic E-state index is -4.74. The number of rotatable bonds is 8. The van der Waals surface area contributed by atoms with Crippen molar-refractivity contribution in [1.29, 1.82) is 0 Å². The highest BCUT2D eigenvalue weighted by Crippen LogP contribution is 2.31. The van der Waals surface area contributed by atoms with E-state index in [4.69, 9.17) is 29.7 Å². The summed E-state index contributed by atoms with van der Waals surface area (Å²) in [6.07, 6.45) is -4.74. The van der Waals surface area contributed by atoms with Crippen LogP contribution in [0.1, 0.15) is 37.3 Å². The molecule has 2 aliphatic heterocycles. The van der Waals surface area contributed by atoms with Gasteiger partial charge in [0, 0.05) is 17.6 Å². The van der Waals surface area contributed by atoms with Gasteiger partial charge >= 0.3 is 13.5 Å². The molecule has 0 aromatic heterocycles. The summed E-state index contributed by atoms with van der Waals surface area (Å²) in [6.45, 7) is -3.85. The topological polar surface area (TPSA) is 118 Å². The fourth-order valence-corrected chi connectivity index (χ4v) is 6.38. The van der Waals surface area contributed by atoms with Gasteiger partial charge in [0.1, 0.15) is 36.2 Å². The van der Waals surface area contributed by atoms with Crippen molar-refractivity contribution in [1.82, 2.24) is 9.80 Å². The Morgan fingerprint density at radius 1 is 0.672 bits per heavy atom. The van der Waals surface area contributed by atoms with Crippen molar-refractivity contribution < 1.29 is 57.2 Å². The van der Waals surface area contributed by atoms with Crippen LogP contribution in [0.15, 0.2) is 150 Å². The van der Waals surface area contributed by atoms with Crippen LogP contribution in [0.4, 0.5) is 13.2 Å². The van der Waals surface area contributed by atoms with Crippen LogP contribution in [0.3, 0.4) is 0 Å². The van der Waals surface area contributed by atoms with Crippen LogP contribution in [0.5, 0.6) is 23.0 Å². The second-order valence-corrected chi connectivity index (χ2v) is 14.1. The van der Waals surface area contributed by atoms with E-state index in [2.05, 4.69) is 20.7 Å². The molecule has 6 aromatic carbocycles. The number of benzene rings is 6. The predicted octanol–water partition coefficient (Wildman–Crippen LogP) is 8.15. The minimum Gasteiger partial charge on any atom is -0.497 e. The van der Waals surface area contributed by atoms with Crippen molar-refractivity contribution in [3.63, 3.8) is 0 Å². The van der Waals surface area contributed by atoms with E-state index in [-0.39, 0.29) is 43.6 Å². The average Bonchev–Trinajstić information content (AvgIpc) is 3.44. The molecule has 2 aliphatic rings. The molecule has 0 radical (unpaired) electrons. The molecule has 0 saturated carbocycles. The Balaban J connectivity index is 0.000000172. The van der Waals surface area contributed by atoms with Crippen LogP contribution in [0.25, 0.3) is 11.1 Å². The smallest absolute Gasteiger partial charge is 0.497 e. The number of hydrogen-bond donors (Lipinski definition) is 2. The Bertz CT molecular complexity index is 2560. The first-order chi connectivity index (χ1) is 30.8. The molecule has 0 unspecified atom stereocenters. The summed E-state index contributed by atoms with van der Waals surface area (Å²) in [4.78, 5) is 28.6. The zero-order valence-corrected chi connectivity index (χ0v) is 34.1. The summed E-state index contributed by atoms with van der Waals surface area (Å²) >= 11 is 3.34. The molecular weight excluding hydrogens is 856 g/mol. The second kappa shape index (κ2) is 20.8. The molecule has 10 nitrogen and oxygen atoms in total. The largest absolute Gasteiger partial charge is 0.573 e. The molecule has 0 spiro atoms. The number of halogens is 4. The van der Waals surface area contributed by atoms with Crippen molar-refractivity contribution >= 4 is 40.3 Å². The molecule has 0 aliphatic carbocycles. The SMILES string of the molecule is OB(O)c1ccc(OC(F)(F)F)cc1.[2H]C1([2H])COc2ccc(-c3ccc(OC)cc3)cc2C(=O)N1Cc1ccccc1.[2H]C1([2H])COc2ccc(Br)cc2C(=O)N1Cc1ccccc1. The lowest BCUT2D eigenvalue weighted by Gasteiger charge is -2.20. The third-order valence-corrected chi connectivity index (χ3v) is 9.53. The minimum absolute atomic E-state index is 0.0968. The van der Waals surface area contributed by atoms with Crippen LogP contribution in [0.2, 0.25) is 0 Å². The van der Waals surface area contributed by atoms with Gasteiger partial charge in [0.25, 0.3) is 11.8 Å². The average molecular weight is 902 g/mol. The first-order valence-electron chi connectivity index (χ1n) is 20.6. The molecule has 61 heavy (non-hydrogen) atoms. The van der Waals surface area contributed by atoms with Gasteiger partial charge in [-0.1, -0.05) is 107 Å². The van der Waals surface area contributed by atoms with Crippen molar-refractivity contribution in [3.8, 4) is 34.1 Å². The number of carbonyl (C=O) groups is 2. The Morgan fingerprint density at radius 2 is 1.15 bits per heavy atom. The summed E-state index contributed by atoms with van der Waals surface area (Å²) in [5.41, 5.74) is 4.34. The van der Waals surface area contributed by atoms with Crippen molar-refractivity contribution in [2.75, 3.05) is 33.3 Å². The molecular formula is C46H41BBrF3N2O8. The van der Waals surface area contributed by atoms with E-state index in [1.807, 2.05) is 91.0 Å². The van der Waals surface area contributed by atoms with Gasteiger partial charge in [-0.15, -0.1) is 13.2 Å². The van der Waals surface area contributed by atoms with Gasteiger partial charge in [-0.3, -0.25) is 9.59 Å². The Labute approximate surface area is 365 Å². The molecule has 6 aromatic rings. The standard InChI is InChI=1S/C23H21NO3.C16H14BrNO2.C7H6BF3O3/c1-26-20-10-7-18(8-11-20)19-9-12-22-21(15-19)23(25)24(13-14-27-22)16-17-5-3-2-4-6-17;17-13-6-7-15-14(10-13)16(19)18(8-9-20-15)11-12-4-2-1-3-5-12;9-7(10,11)14-6-3-1-5(2-4-6)8(12)13/h2-12,15H,13-14,16H2,1H3;1-7,10H,8-9,11H2;1-4,12-13H/i13D2;8D2;. The van der Waals surface area contributed by atoms with E-state index in [9.17, 15) is 22.8 Å². The third kappa shape index (κ3) is 12.6. The monoisotopic (exact) mass is 900 g/mol. The number of nitrogens with zero attached hydrogens (tertiary/aromatic N) is 2. The van der Waals surface area contributed by atoms with Crippen molar-refractivity contribution in [3.05, 3.63) is 172 Å². The maximum absolute atomic E-state index is 13.3. The quantitative estimate of drug-likeness (QED) is 0.147. The zero-order valence-electron chi connectivity index (χ0n) is 36.5. The lowest BCUT2D eigenvalue weighted by molar-refractivity contribution is -0.274. The number of amides is 2. The van der Waals surface area contributed by atoms with Crippen LogP contribution in [0, 0.1) is 0 Å². The number of hydrogen-bond acceptors (Lipinski definition) is 8. The number of carbonyl (C=O) groups excluding carboxylic acids is 2. The lowest BCUT2D eigenvalue weighted by atomic mass is 9.80. The maximum atomic E-state index is 13.3. The summed E-state index contributed by atoms with van der Waals surface area (Å²) in [5.74, 6) is 0.399. The highest BCUT2D eigenvalue weighted by atomic mass is 79.9. The fourth-order valence-electron chi connectivity index (χ4n) is 6.02. The molecule has 8 rings (SSSR count). The summed E-state index contributed by atoms with van der Waals surface area (Å²) in [7, 11) is -0.0853.